The number of carboxylic acid groups (broad SMARTS) is 1. The quantitative estimate of drug-likeness (QED) is 0.782. The van der Waals surface area contributed by atoms with Crippen molar-refractivity contribution in [3.8, 4) is 0 Å². The SMILES string of the molecule is O=C(O)C1=CC2=C(C(=O)C1)N1C=CC=CC1=CS2. The maximum absolute atomic E-state index is 12.1. The molecule has 0 unspecified atom stereocenters. The number of hydrogen-bond donors (Lipinski definition) is 1. The fourth-order valence-corrected chi connectivity index (χ4v) is 3.01. The number of thioether (sulfide) groups is 1. The van der Waals surface area contributed by atoms with Gasteiger partial charge < -0.3 is 10.0 Å². The zero-order valence-corrected chi connectivity index (χ0v) is 10.1. The predicted molar refractivity (Wildman–Crippen MR) is 68.2 cm³/mol. The lowest BCUT2D eigenvalue weighted by Crippen LogP contribution is -2.28. The third kappa shape index (κ3) is 1.64. The second-order valence-electron chi connectivity index (χ2n) is 4.02. The topological polar surface area (TPSA) is 57.6 Å². The molecule has 0 aromatic carbocycles. The van der Waals surface area contributed by atoms with Gasteiger partial charge in [0.1, 0.15) is 5.70 Å². The second-order valence-corrected chi connectivity index (χ2v) is 4.93. The van der Waals surface area contributed by atoms with E-state index >= 15 is 0 Å². The maximum atomic E-state index is 12.1. The van der Waals surface area contributed by atoms with Gasteiger partial charge in [0, 0.05) is 28.5 Å². The summed E-state index contributed by atoms with van der Waals surface area (Å²) in [4.78, 5) is 25.6. The van der Waals surface area contributed by atoms with Crippen LogP contribution in [0.15, 0.2) is 57.8 Å². The Morgan fingerprint density at radius 1 is 1.39 bits per heavy atom. The van der Waals surface area contributed by atoms with Crippen LogP contribution >= 0.6 is 11.8 Å². The molecular weight excluding hydrogens is 250 g/mol. The summed E-state index contributed by atoms with van der Waals surface area (Å²) in [7, 11) is 0. The average molecular weight is 259 g/mol. The summed E-state index contributed by atoms with van der Waals surface area (Å²) in [5.74, 6) is -1.18. The largest absolute Gasteiger partial charge is 0.478 e. The van der Waals surface area contributed by atoms with Gasteiger partial charge in [-0.2, -0.15) is 0 Å². The van der Waals surface area contributed by atoms with Crippen LogP contribution in [0.5, 0.6) is 0 Å². The molecule has 4 nitrogen and oxygen atoms in total. The first-order chi connectivity index (χ1) is 8.66. The van der Waals surface area contributed by atoms with Crippen LogP contribution < -0.4 is 0 Å². The van der Waals surface area contributed by atoms with Gasteiger partial charge in [-0.05, 0) is 18.2 Å². The number of ketones is 1. The molecule has 18 heavy (non-hydrogen) atoms. The van der Waals surface area contributed by atoms with Crippen molar-refractivity contribution in [2.75, 3.05) is 0 Å². The Hall–Kier alpha value is -2.01. The summed E-state index contributed by atoms with van der Waals surface area (Å²) in [5, 5.41) is 10.9. The molecule has 2 heterocycles. The highest BCUT2D eigenvalue weighted by molar-refractivity contribution is 8.06. The Labute approximate surface area is 108 Å². The van der Waals surface area contributed by atoms with E-state index in [2.05, 4.69) is 0 Å². The van der Waals surface area contributed by atoms with E-state index in [9.17, 15) is 9.59 Å². The molecule has 0 bridgehead atoms. The van der Waals surface area contributed by atoms with E-state index in [1.165, 1.54) is 11.8 Å². The smallest absolute Gasteiger partial charge is 0.332 e. The van der Waals surface area contributed by atoms with Crippen molar-refractivity contribution in [1.29, 1.82) is 0 Å². The molecule has 5 heteroatoms. The van der Waals surface area contributed by atoms with E-state index in [0.717, 1.165) is 5.70 Å². The summed E-state index contributed by atoms with van der Waals surface area (Å²) in [6.45, 7) is 0. The standard InChI is InChI=1S/C13H9NO3S/c15-10-5-8(13(16)17)6-11-12(10)14-4-2-1-3-9(14)7-18-11/h1-4,6-7H,5H2,(H,16,17). The zero-order valence-electron chi connectivity index (χ0n) is 9.29. The van der Waals surface area contributed by atoms with Crippen LogP contribution in [0.1, 0.15) is 6.42 Å². The number of carbonyl (C=O) groups excluding carboxylic acids is 1. The van der Waals surface area contributed by atoms with E-state index in [-0.39, 0.29) is 17.8 Å². The molecule has 0 radical (unpaired) electrons. The maximum Gasteiger partial charge on any atom is 0.332 e. The molecule has 0 aromatic rings. The van der Waals surface area contributed by atoms with E-state index in [0.29, 0.717) is 10.6 Å². The van der Waals surface area contributed by atoms with Crippen LogP contribution in [-0.2, 0) is 9.59 Å². The molecule has 0 saturated heterocycles. The van der Waals surface area contributed by atoms with Crippen molar-refractivity contribution in [2.45, 2.75) is 6.42 Å². The van der Waals surface area contributed by atoms with Crippen LogP contribution in [0.2, 0.25) is 0 Å². The van der Waals surface area contributed by atoms with Crippen molar-refractivity contribution in [2.24, 2.45) is 0 Å². The number of rotatable bonds is 1. The van der Waals surface area contributed by atoms with Crippen LogP contribution in [0, 0.1) is 0 Å². The van der Waals surface area contributed by atoms with Crippen molar-refractivity contribution in [3.05, 3.63) is 57.8 Å². The first-order valence-corrected chi connectivity index (χ1v) is 6.27. The number of hydrogen-bond acceptors (Lipinski definition) is 4. The first-order valence-electron chi connectivity index (χ1n) is 5.39. The zero-order chi connectivity index (χ0) is 12.7. The van der Waals surface area contributed by atoms with Gasteiger partial charge in [-0.15, -0.1) is 0 Å². The molecule has 0 aromatic heterocycles. The minimum Gasteiger partial charge on any atom is -0.478 e. The minimum absolute atomic E-state index is 0.0456. The molecule has 0 spiro atoms. The van der Waals surface area contributed by atoms with Crippen molar-refractivity contribution in [1.82, 2.24) is 4.90 Å². The number of aliphatic carboxylic acids is 1. The summed E-state index contributed by atoms with van der Waals surface area (Å²) < 4.78 is 0. The highest BCUT2D eigenvalue weighted by Crippen LogP contribution is 2.39. The molecule has 3 aliphatic rings. The summed E-state index contributed by atoms with van der Waals surface area (Å²) >= 11 is 1.39. The molecule has 0 atom stereocenters. The van der Waals surface area contributed by atoms with Gasteiger partial charge in [0.2, 0.25) is 0 Å². The fourth-order valence-electron chi connectivity index (χ4n) is 2.03. The Kier molecular flexibility index (Phi) is 2.48. The van der Waals surface area contributed by atoms with E-state index < -0.39 is 5.97 Å². The van der Waals surface area contributed by atoms with E-state index in [1.807, 2.05) is 34.7 Å². The number of carbonyl (C=O) groups is 2. The second kappa shape index (κ2) is 4.03. The average Bonchev–Trinajstić information content (AvgIpc) is 2.37. The van der Waals surface area contributed by atoms with Gasteiger partial charge in [-0.3, -0.25) is 4.79 Å². The third-order valence-electron chi connectivity index (χ3n) is 2.87. The van der Waals surface area contributed by atoms with E-state index in [4.69, 9.17) is 5.11 Å². The lowest BCUT2D eigenvalue weighted by atomic mass is 9.99. The third-order valence-corrected chi connectivity index (χ3v) is 3.79. The highest BCUT2D eigenvalue weighted by atomic mass is 32.2. The number of fused-ring (bicyclic) bond motifs is 2. The van der Waals surface area contributed by atoms with Crippen LogP contribution in [-0.4, -0.2) is 21.8 Å². The van der Waals surface area contributed by atoms with Crippen LogP contribution in [0.3, 0.4) is 0 Å². The van der Waals surface area contributed by atoms with Gasteiger partial charge >= 0.3 is 5.97 Å². The number of allylic oxidation sites excluding steroid dienone is 5. The van der Waals surface area contributed by atoms with Crippen molar-refractivity contribution < 1.29 is 14.7 Å². The first kappa shape index (κ1) is 11.1. The number of carboxylic acids is 1. The lowest BCUT2D eigenvalue weighted by Gasteiger charge is -2.32. The highest BCUT2D eigenvalue weighted by Gasteiger charge is 2.31. The van der Waals surface area contributed by atoms with E-state index in [1.54, 1.807) is 6.08 Å². The Morgan fingerprint density at radius 3 is 3.00 bits per heavy atom. The van der Waals surface area contributed by atoms with Gasteiger partial charge in [-0.25, -0.2) is 4.79 Å². The molecule has 1 N–H and O–H groups in total. The van der Waals surface area contributed by atoms with Crippen LogP contribution in [0.25, 0.3) is 0 Å². The Balaban J connectivity index is 2.07. The predicted octanol–water partition coefficient (Wildman–Crippen LogP) is 2.16. The molecule has 0 fully saturated rings. The summed E-state index contributed by atoms with van der Waals surface area (Å²) in [6, 6.07) is 0. The minimum atomic E-state index is -1.03. The van der Waals surface area contributed by atoms with Crippen molar-refractivity contribution in [3.63, 3.8) is 0 Å². The van der Waals surface area contributed by atoms with Crippen LogP contribution in [0.4, 0.5) is 0 Å². The Bertz CT molecular complexity index is 608. The van der Waals surface area contributed by atoms with Gasteiger partial charge in [0.15, 0.2) is 5.78 Å². The molecule has 3 rings (SSSR count). The lowest BCUT2D eigenvalue weighted by molar-refractivity contribution is -0.133. The summed E-state index contributed by atoms with van der Waals surface area (Å²) in [6.07, 6.45) is 9.03. The summed E-state index contributed by atoms with van der Waals surface area (Å²) in [5.41, 5.74) is 1.66. The molecule has 90 valence electrons. The van der Waals surface area contributed by atoms with Gasteiger partial charge in [0.05, 0.1) is 5.70 Å². The Morgan fingerprint density at radius 2 is 2.22 bits per heavy atom. The molecule has 1 aliphatic carbocycles. The molecular formula is C13H9NO3S. The normalized spacial score (nSPS) is 21.3. The molecule has 2 aliphatic heterocycles. The van der Waals surface area contributed by atoms with Crippen molar-refractivity contribution >= 4 is 23.5 Å². The molecule has 0 amide bonds. The monoisotopic (exact) mass is 259 g/mol. The van der Waals surface area contributed by atoms with Gasteiger partial charge in [0.25, 0.3) is 0 Å². The van der Waals surface area contributed by atoms with Gasteiger partial charge in [-0.1, -0.05) is 17.8 Å². The number of Topliss-reactive ketones (excluding diaryl/α,β-unsaturated/α-hetero) is 1. The fraction of sp³-hybridized carbons (Fsp3) is 0.0769. The molecule has 0 saturated carbocycles. The number of nitrogens with zero attached hydrogens (tertiary/aromatic N) is 1.